The van der Waals surface area contributed by atoms with E-state index >= 15 is 0 Å². The van der Waals surface area contributed by atoms with Crippen LogP contribution in [0.4, 0.5) is 5.82 Å². The maximum Gasteiger partial charge on any atom is 0.273 e. The molecule has 1 amide bonds. The van der Waals surface area contributed by atoms with Crippen LogP contribution in [0.15, 0.2) is 10.8 Å². The number of nitrogen functional groups attached to an aromatic ring is 1. The number of carbonyl (C=O) groups excluding carboxylic acids is 1. The van der Waals surface area contributed by atoms with Crippen molar-refractivity contribution >= 4 is 27.7 Å². The van der Waals surface area contributed by atoms with Crippen molar-refractivity contribution in [1.29, 1.82) is 0 Å². The highest BCUT2D eigenvalue weighted by atomic mass is 79.9. The van der Waals surface area contributed by atoms with Gasteiger partial charge in [-0.3, -0.25) is 4.79 Å². The number of carbonyl (C=O) groups is 1. The molecule has 1 aliphatic rings. The molecule has 1 aromatic heterocycles. The van der Waals surface area contributed by atoms with Crippen molar-refractivity contribution in [2.24, 2.45) is 0 Å². The van der Waals surface area contributed by atoms with Gasteiger partial charge in [0.05, 0.1) is 6.20 Å². The third kappa shape index (κ3) is 2.01. The lowest BCUT2D eigenvalue weighted by molar-refractivity contribution is 0.0946. The number of halogens is 1. The van der Waals surface area contributed by atoms with E-state index in [1.807, 2.05) is 0 Å². The van der Waals surface area contributed by atoms with Crippen LogP contribution in [0.3, 0.4) is 0 Å². The molecule has 1 fully saturated rings. The quantitative estimate of drug-likeness (QED) is 0.817. The zero-order valence-electron chi connectivity index (χ0n) is 7.33. The van der Waals surface area contributed by atoms with Gasteiger partial charge in [0.25, 0.3) is 5.91 Å². The summed E-state index contributed by atoms with van der Waals surface area (Å²) in [5.74, 6) is -0.0925. The fourth-order valence-electron chi connectivity index (χ4n) is 1.03. The fraction of sp³-hybridized carbons (Fsp3) is 0.375. The molecule has 3 N–H and O–H groups in total. The molecule has 0 aliphatic heterocycles. The van der Waals surface area contributed by atoms with Gasteiger partial charge in [-0.2, -0.15) is 0 Å². The Morgan fingerprint density at radius 1 is 1.64 bits per heavy atom. The average Bonchev–Trinajstić information content (AvgIpc) is 2.93. The summed E-state index contributed by atoms with van der Waals surface area (Å²) in [4.78, 5) is 19.4. The van der Waals surface area contributed by atoms with E-state index in [0.717, 1.165) is 12.8 Å². The van der Waals surface area contributed by atoms with Gasteiger partial charge in [0.15, 0.2) is 11.5 Å². The first kappa shape index (κ1) is 9.39. The van der Waals surface area contributed by atoms with E-state index < -0.39 is 0 Å². The smallest absolute Gasteiger partial charge is 0.273 e. The van der Waals surface area contributed by atoms with Crippen LogP contribution in [0, 0.1) is 0 Å². The van der Waals surface area contributed by atoms with Gasteiger partial charge >= 0.3 is 0 Å². The van der Waals surface area contributed by atoms with Gasteiger partial charge in [-0.1, -0.05) is 0 Å². The lowest BCUT2D eigenvalue weighted by Gasteiger charge is -2.04. The van der Waals surface area contributed by atoms with Gasteiger partial charge in [0.2, 0.25) is 0 Å². The predicted molar refractivity (Wildman–Crippen MR) is 54.6 cm³/mol. The standard InChI is InChI=1S/C8H9BrN4O/c9-5-3-11-7(10)6(13-5)8(14)12-4-1-2-4/h3-4H,1-2H2,(H2,10,11)(H,12,14). The Morgan fingerprint density at radius 3 is 3.00 bits per heavy atom. The molecule has 1 aromatic rings. The highest BCUT2D eigenvalue weighted by Crippen LogP contribution is 2.20. The fourth-order valence-corrected chi connectivity index (χ4v) is 1.31. The molecular formula is C8H9BrN4O. The number of amides is 1. The number of aromatic nitrogens is 2. The van der Waals surface area contributed by atoms with Gasteiger partial charge in [0, 0.05) is 6.04 Å². The topological polar surface area (TPSA) is 80.9 Å². The van der Waals surface area contributed by atoms with E-state index in [0.29, 0.717) is 10.6 Å². The normalized spacial score (nSPS) is 15.2. The second-order valence-corrected chi connectivity index (χ2v) is 3.99. The van der Waals surface area contributed by atoms with E-state index in [1.54, 1.807) is 0 Å². The second-order valence-electron chi connectivity index (χ2n) is 3.17. The summed E-state index contributed by atoms with van der Waals surface area (Å²) in [7, 11) is 0. The Balaban J connectivity index is 2.20. The zero-order chi connectivity index (χ0) is 10.1. The van der Waals surface area contributed by atoms with Crippen molar-refractivity contribution in [2.75, 3.05) is 5.73 Å². The van der Waals surface area contributed by atoms with Crippen LogP contribution in [0.25, 0.3) is 0 Å². The Labute approximate surface area is 89.2 Å². The summed E-state index contributed by atoms with van der Waals surface area (Å²) < 4.78 is 0.507. The Hall–Kier alpha value is -1.17. The van der Waals surface area contributed by atoms with Crippen LogP contribution in [-0.4, -0.2) is 21.9 Å². The van der Waals surface area contributed by atoms with Gasteiger partial charge in [0.1, 0.15) is 4.60 Å². The summed E-state index contributed by atoms with van der Waals surface area (Å²) in [5.41, 5.74) is 5.72. The number of nitrogens with zero attached hydrogens (tertiary/aromatic N) is 2. The minimum Gasteiger partial charge on any atom is -0.382 e. The lowest BCUT2D eigenvalue weighted by Crippen LogP contribution is -2.27. The van der Waals surface area contributed by atoms with Crippen LogP contribution in [-0.2, 0) is 0 Å². The first-order valence-corrected chi connectivity index (χ1v) is 5.05. The maximum atomic E-state index is 11.6. The van der Waals surface area contributed by atoms with Gasteiger partial charge < -0.3 is 11.1 Å². The SMILES string of the molecule is Nc1ncc(Br)nc1C(=O)NC1CC1. The summed E-state index contributed by atoms with van der Waals surface area (Å²) in [6.07, 6.45) is 3.53. The Kier molecular flexibility index (Phi) is 2.37. The van der Waals surface area contributed by atoms with Crippen molar-refractivity contribution in [3.8, 4) is 0 Å². The number of anilines is 1. The molecule has 74 valence electrons. The molecule has 2 rings (SSSR count). The van der Waals surface area contributed by atoms with E-state index in [4.69, 9.17) is 5.73 Å². The lowest BCUT2D eigenvalue weighted by atomic mass is 10.4. The Morgan fingerprint density at radius 2 is 2.36 bits per heavy atom. The molecule has 1 heterocycles. The van der Waals surface area contributed by atoms with E-state index in [9.17, 15) is 4.79 Å². The van der Waals surface area contributed by atoms with Gasteiger partial charge in [-0.15, -0.1) is 0 Å². The van der Waals surface area contributed by atoms with Crippen LogP contribution >= 0.6 is 15.9 Å². The highest BCUT2D eigenvalue weighted by molar-refractivity contribution is 9.10. The molecule has 5 nitrogen and oxygen atoms in total. The number of rotatable bonds is 2. The van der Waals surface area contributed by atoms with Gasteiger partial charge in [-0.25, -0.2) is 9.97 Å². The molecule has 0 bridgehead atoms. The van der Waals surface area contributed by atoms with Crippen LogP contribution in [0.5, 0.6) is 0 Å². The third-order valence-electron chi connectivity index (χ3n) is 1.90. The molecule has 0 radical (unpaired) electrons. The molecule has 0 spiro atoms. The monoisotopic (exact) mass is 256 g/mol. The summed E-state index contributed by atoms with van der Waals surface area (Å²) >= 11 is 3.14. The van der Waals surface area contributed by atoms with Gasteiger partial charge in [-0.05, 0) is 28.8 Å². The summed E-state index contributed by atoms with van der Waals surface area (Å²) in [6.45, 7) is 0. The summed E-state index contributed by atoms with van der Waals surface area (Å²) in [5, 5.41) is 2.80. The van der Waals surface area contributed by atoms with Crippen molar-refractivity contribution in [2.45, 2.75) is 18.9 Å². The van der Waals surface area contributed by atoms with Crippen LogP contribution in [0.2, 0.25) is 0 Å². The van der Waals surface area contributed by atoms with Crippen LogP contribution < -0.4 is 11.1 Å². The van der Waals surface area contributed by atoms with Crippen molar-refractivity contribution in [1.82, 2.24) is 15.3 Å². The molecule has 14 heavy (non-hydrogen) atoms. The maximum absolute atomic E-state index is 11.6. The van der Waals surface area contributed by atoms with E-state index in [-0.39, 0.29) is 17.4 Å². The molecule has 0 aromatic carbocycles. The molecule has 0 unspecified atom stereocenters. The first-order valence-electron chi connectivity index (χ1n) is 4.25. The minimum atomic E-state index is -0.251. The number of nitrogens with two attached hydrogens (primary N) is 1. The molecule has 1 saturated carbocycles. The average molecular weight is 257 g/mol. The minimum absolute atomic E-state index is 0.159. The molecule has 6 heteroatoms. The van der Waals surface area contributed by atoms with Crippen molar-refractivity contribution in [3.63, 3.8) is 0 Å². The molecular weight excluding hydrogens is 248 g/mol. The Bertz CT molecular complexity index is 378. The molecule has 0 atom stereocenters. The zero-order valence-corrected chi connectivity index (χ0v) is 8.91. The third-order valence-corrected chi connectivity index (χ3v) is 2.28. The number of hydrogen-bond acceptors (Lipinski definition) is 4. The first-order chi connectivity index (χ1) is 6.66. The van der Waals surface area contributed by atoms with E-state index in [2.05, 4.69) is 31.2 Å². The second kappa shape index (κ2) is 3.53. The van der Waals surface area contributed by atoms with Crippen molar-refractivity contribution in [3.05, 3.63) is 16.5 Å². The molecule has 1 aliphatic carbocycles. The molecule has 0 saturated heterocycles. The summed E-state index contributed by atoms with van der Waals surface area (Å²) in [6, 6.07) is 0.294. The van der Waals surface area contributed by atoms with E-state index in [1.165, 1.54) is 6.20 Å². The number of hydrogen-bond donors (Lipinski definition) is 2. The highest BCUT2D eigenvalue weighted by Gasteiger charge is 2.25. The van der Waals surface area contributed by atoms with Crippen LogP contribution in [0.1, 0.15) is 23.3 Å². The largest absolute Gasteiger partial charge is 0.382 e. The van der Waals surface area contributed by atoms with Crippen molar-refractivity contribution < 1.29 is 4.79 Å². The number of nitrogens with one attached hydrogen (secondary N) is 1. The predicted octanol–water partition coefficient (Wildman–Crippen LogP) is 0.714.